The zero-order valence-corrected chi connectivity index (χ0v) is 10.1. The quantitative estimate of drug-likeness (QED) is 0.856. The van der Waals surface area contributed by atoms with Gasteiger partial charge >= 0.3 is 5.97 Å². The second-order valence-electron chi connectivity index (χ2n) is 4.36. The largest absolute Gasteiger partial charge is 0.481 e. The van der Waals surface area contributed by atoms with Crippen molar-refractivity contribution < 1.29 is 14.3 Å². The van der Waals surface area contributed by atoms with Crippen molar-refractivity contribution in [3.05, 3.63) is 34.1 Å². The molecule has 92 valence electrons. The third-order valence-electron chi connectivity index (χ3n) is 3.10. The van der Waals surface area contributed by atoms with Gasteiger partial charge in [0.1, 0.15) is 5.82 Å². The molecule has 0 aliphatic carbocycles. The smallest absolute Gasteiger partial charge is 0.307 e. The standard InChI is InChI=1S/C12H13ClFNO2/c1-6-2-8(13)4-9(11(6)14)10-3-7(5-15-10)12(16)17/h2,4,7,10,15H,3,5H2,1H3,(H,16,17). The number of aryl methyl sites for hydroxylation is 1. The van der Waals surface area contributed by atoms with Gasteiger partial charge in [0.05, 0.1) is 5.92 Å². The van der Waals surface area contributed by atoms with Gasteiger partial charge in [-0.05, 0) is 31.0 Å². The number of hydrogen-bond donors (Lipinski definition) is 2. The van der Waals surface area contributed by atoms with Gasteiger partial charge in [-0.2, -0.15) is 0 Å². The Morgan fingerprint density at radius 3 is 2.88 bits per heavy atom. The molecule has 1 heterocycles. The van der Waals surface area contributed by atoms with Gasteiger partial charge in [0.15, 0.2) is 0 Å². The third-order valence-corrected chi connectivity index (χ3v) is 3.32. The first-order valence-corrected chi connectivity index (χ1v) is 5.78. The van der Waals surface area contributed by atoms with E-state index in [1.165, 1.54) is 0 Å². The van der Waals surface area contributed by atoms with Crippen LogP contribution in [0.25, 0.3) is 0 Å². The number of carboxylic acid groups (broad SMARTS) is 1. The van der Waals surface area contributed by atoms with E-state index in [0.29, 0.717) is 29.1 Å². The number of carbonyl (C=O) groups is 1. The van der Waals surface area contributed by atoms with E-state index in [9.17, 15) is 9.18 Å². The van der Waals surface area contributed by atoms with Crippen LogP contribution in [0.3, 0.4) is 0 Å². The number of nitrogens with one attached hydrogen (secondary N) is 1. The first-order valence-electron chi connectivity index (χ1n) is 5.40. The Bertz CT molecular complexity index is 464. The molecule has 1 aliphatic rings. The first kappa shape index (κ1) is 12.3. The maximum Gasteiger partial charge on any atom is 0.307 e. The fraction of sp³-hybridized carbons (Fsp3) is 0.417. The van der Waals surface area contributed by atoms with Gasteiger partial charge in [0.2, 0.25) is 0 Å². The summed E-state index contributed by atoms with van der Waals surface area (Å²) in [7, 11) is 0. The Labute approximate surface area is 104 Å². The number of hydrogen-bond acceptors (Lipinski definition) is 2. The molecule has 2 atom stereocenters. The number of carboxylic acids is 1. The average molecular weight is 258 g/mol. The van der Waals surface area contributed by atoms with E-state index in [-0.39, 0.29) is 11.9 Å². The predicted octanol–water partition coefficient (Wildman–Crippen LogP) is 2.52. The Morgan fingerprint density at radius 1 is 1.59 bits per heavy atom. The van der Waals surface area contributed by atoms with Crippen LogP contribution in [-0.2, 0) is 4.79 Å². The monoisotopic (exact) mass is 257 g/mol. The minimum Gasteiger partial charge on any atom is -0.481 e. The zero-order valence-electron chi connectivity index (χ0n) is 9.34. The van der Waals surface area contributed by atoms with Crippen molar-refractivity contribution in [3.8, 4) is 0 Å². The molecule has 1 aromatic rings. The average Bonchev–Trinajstić information content (AvgIpc) is 2.72. The summed E-state index contributed by atoms with van der Waals surface area (Å²) in [6, 6.07) is 2.85. The molecule has 3 nitrogen and oxygen atoms in total. The summed E-state index contributed by atoms with van der Waals surface area (Å²) in [6.45, 7) is 2.01. The third kappa shape index (κ3) is 2.42. The van der Waals surface area contributed by atoms with Gasteiger partial charge in [-0.15, -0.1) is 0 Å². The van der Waals surface area contributed by atoms with Gasteiger partial charge in [-0.3, -0.25) is 4.79 Å². The molecule has 0 aromatic heterocycles. The van der Waals surface area contributed by atoms with Crippen molar-refractivity contribution in [2.75, 3.05) is 6.54 Å². The Hall–Kier alpha value is -1.13. The summed E-state index contributed by atoms with van der Waals surface area (Å²) in [5, 5.41) is 12.4. The van der Waals surface area contributed by atoms with E-state index in [1.807, 2.05) is 0 Å². The summed E-state index contributed by atoms with van der Waals surface area (Å²) in [6.07, 6.45) is 0.395. The highest BCUT2D eigenvalue weighted by atomic mass is 35.5. The van der Waals surface area contributed by atoms with Crippen molar-refractivity contribution >= 4 is 17.6 Å². The number of aliphatic carboxylic acids is 1. The van der Waals surface area contributed by atoms with Crippen molar-refractivity contribution in [2.45, 2.75) is 19.4 Å². The van der Waals surface area contributed by atoms with Crippen LogP contribution in [0, 0.1) is 18.7 Å². The van der Waals surface area contributed by atoms with Crippen LogP contribution in [0.4, 0.5) is 4.39 Å². The van der Waals surface area contributed by atoms with E-state index in [2.05, 4.69) is 5.32 Å². The Balaban J connectivity index is 2.27. The number of benzene rings is 1. The van der Waals surface area contributed by atoms with Crippen molar-refractivity contribution in [2.24, 2.45) is 5.92 Å². The lowest BCUT2D eigenvalue weighted by atomic mass is 9.98. The molecule has 2 unspecified atom stereocenters. The summed E-state index contributed by atoms with van der Waals surface area (Å²) in [5.41, 5.74) is 0.937. The van der Waals surface area contributed by atoms with Gasteiger partial charge in [-0.25, -0.2) is 4.39 Å². The van der Waals surface area contributed by atoms with Crippen LogP contribution in [0.15, 0.2) is 12.1 Å². The second-order valence-corrected chi connectivity index (χ2v) is 4.79. The molecule has 5 heteroatoms. The molecule has 0 saturated carbocycles. The Kier molecular flexibility index (Phi) is 3.35. The van der Waals surface area contributed by atoms with E-state index < -0.39 is 11.9 Å². The molecule has 2 N–H and O–H groups in total. The fourth-order valence-electron chi connectivity index (χ4n) is 2.17. The molecule has 1 saturated heterocycles. The molecular formula is C12H13ClFNO2. The van der Waals surface area contributed by atoms with E-state index >= 15 is 0 Å². The molecule has 0 amide bonds. The minimum atomic E-state index is -0.848. The summed E-state index contributed by atoms with van der Waals surface area (Å²) < 4.78 is 13.9. The molecular weight excluding hydrogens is 245 g/mol. The maximum absolute atomic E-state index is 13.9. The normalized spacial score (nSPS) is 23.9. The lowest BCUT2D eigenvalue weighted by molar-refractivity contribution is -0.141. The van der Waals surface area contributed by atoms with Gasteiger partial charge in [-0.1, -0.05) is 11.6 Å². The molecule has 1 aliphatic heterocycles. The van der Waals surface area contributed by atoms with Crippen LogP contribution in [0.1, 0.15) is 23.6 Å². The highest BCUT2D eigenvalue weighted by molar-refractivity contribution is 6.30. The highest BCUT2D eigenvalue weighted by Gasteiger charge is 2.31. The summed E-state index contributed by atoms with van der Waals surface area (Å²) >= 11 is 5.89. The minimum absolute atomic E-state index is 0.270. The zero-order chi connectivity index (χ0) is 12.6. The van der Waals surface area contributed by atoms with Gasteiger partial charge < -0.3 is 10.4 Å². The van der Waals surface area contributed by atoms with E-state index in [0.717, 1.165) is 0 Å². The van der Waals surface area contributed by atoms with Crippen molar-refractivity contribution in [1.82, 2.24) is 5.32 Å². The predicted molar refractivity (Wildman–Crippen MR) is 62.6 cm³/mol. The molecule has 17 heavy (non-hydrogen) atoms. The van der Waals surface area contributed by atoms with Crippen molar-refractivity contribution in [3.63, 3.8) is 0 Å². The van der Waals surface area contributed by atoms with Crippen LogP contribution in [-0.4, -0.2) is 17.6 Å². The molecule has 2 rings (SSSR count). The lowest BCUT2D eigenvalue weighted by Gasteiger charge is -2.13. The highest BCUT2D eigenvalue weighted by Crippen LogP contribution is 2.32. The summed E-state index contributed by atoms with van der Waals surface area (Å²) in [5.74, 6) is -1.62. The molecule has 0 spiro atoms. The second kappa shape index (κ2) is 4.63. The molecule has 1 aromatic carbocycles. The maximum atomic E-state index is 13.9. The molecule has 0 bridgehead atoms. The SMILES string of the molecule is Cc1cc(Cl)cc(C2CC(C(=O)O)CN2)c1F. The van der Waals surface area contributed by atoms with E-state index in [4.69, 9.17) is 16.7 Å². The summed E-state index contributed by atoms with van der Waals surface area (Å²) in [4.78, 5) is 10.8. The lowest BCUT2D eigenvalue weighted by Crippen LogP contribution is -2.17. The van der Waals surface area contributed by atoms with Crippen molar-refractivity contribution in [1.29, 1.82) is 0 Å². The first-order chi connectivity index (χ1) is 7.99. The topological polar surface area (TPSA) is 49.3 Å². The van der Waals surface area contributed by atoms with Gasteiger partial charge in [0, 0.05) is 23.2 Å². The van der Waals surface area contributed by atoms with Crippen LogP contribution in [0.5, 0.6) is 0 Å². The number of halogens is 2. The Morgan fingerprint density at radius 2 is 2.29 bits per heavy atom. The van der Waals surface area contributed by atoms with E-state index in [1.54, 1.807) is 19.1 Å². The van der Waals surface area contributed by atoms with Gasteiger partial charge in [0.25, 0.3) is 0 Å². The van der Waals surface area contributed by atoms with Crippen LogP contribution >= 0.6 is 11.6 Å². The van der Waals surface area contributed by atoms with Crippen LogP contribution in [0.2, 0.25) is 5.02 Å². The fourth-order valence-corrected chi connectivity index (χ4v) is 2.45. The number of rotatable bonds is 2. The molecule has 0 radical (unpaired) electrons. The van der Waals surface area contributed by atoms with Crippen LogP contribution < -0.4 is 5.32 Å². The molecule has 1 fully saturated rings.